The summed E-state index contributed by atoms with van der Waals surface area (Å²) in [5.41, 5.74) is 6.77. The Morgan fingerprint density at radius 2 is 1.72 bits per heavy atom. The first-order valence-electron chi connectivity index (χ1n) is 5.83. The first-order valence-corrected chi connectivity index (χ1v) is 5.83. The van der Waals surface area contributed by atoms with Crippen LogP contribution in [0.3, 0.4) is 0 Å². The highest BCUT2D eigenvalue weighted by Gasteiger charge is 2.04. The zero-order valence-corrected chi connectivity index (χ0v) is 10.6. The Labute approximate surface area is 106 Å². The van der Waals surface area contributed by atoms with Gasteiger partial charge >= 0.3 is 0 Å². The molecule has 0 aliphatic heterocycles. The molecular weight excluding hydrogens is 228 g/mol. The fourth-order valence-electron chi connectivity index (χ4n) is 1.65. The molecule has 1 aromatic heterocycles. The lowest BCUT2D eigenvalue weighted by molar-refractivity contribution is 0.414. The van der Waals surface area contributed by atoms with E-state index in [0.29, 0.717) is 12.2 Å². The number of nitrogen functional groups attached to an aromatic ring is 1. The second kappa shape index (κ2) is 5.44. The van der Waals surface area contributed by atoms with Crippen LogP contribution in [0.4, 0.5) is 5.95 Å². The Balaban J connectivity index is 2.19. The van der Waals surface area contributed by atoms with E-state index < -0.39 is 0 Å². The molecule has 0 amide bonds. The molecule has 0 spiro atoms. The molecule has 94 valence electrons. The maximum Gasteiger partial charge on any atom is 0.223 e. The zero-order chi connectivity index (χ0) is 13.0. The van der Waals surface area contributed by atoms with Crippen molar-refractivity contribution in [2.24, 2.45) is 0 Å². The smallest absolute Gasteiger partial charge is 0.223 e. The second-order valence-electron chi connectivity index (χ2n) is 3.90. The highest BCUT2D eigenvalue weighted by Crippen LogP contribution is 2.13. The molecule has 2 N–H and O–H groups in total. The van der Waals surface area contributed by atoms with E-state index in [1.54, 1.807) is 7.11 Å². The lowest BCUT2D eigenvalue weighted by Gasteiger charge is -2.05. The van der Waals surface area contributed by atoms with E-state index in [-0.39, 0.29) is 5.95 Å². The minimum Gasteiger partial charge on any atom is -0.497 e. The fraction of sp³-hybridized carbons (Fsp3) is 0.308. The molecule has 1 heterocycles. The summed E-state index contributed by atoms with van der Waals surface area (Å²) in [6.45, 7) is 1.99. The predicted molar refractivity (Wildman–Crippen MR) is 69.4 cm³/mol. The van der Waals surface area contributed by atoms with Crippen LogP contribution in [-0.4, -0.2) is 22.1 Å². The van der Waals surface area contributed by atoms with Gasteiger partial charge in [-0.1, -0.05) is 19.1 Å². The van der Waals surface area contributed by atoms with Gasteiger partial charge in [0.25, 0.3) is 0 Å². The van der Waals surface area contributed by atoms with E-state index in [1.807, 2.05) is 31.2 Å². The first kappa shape index (κ1) is 12.3. The molecule has 0 fully saturated rings. The number of rotatable bonds is 4. The second-order valence-corrected chi connectivity index (χ2v) is 3.90. The minimum absolute atomic E-state index is 0.283. The van der Waals surface area contributed by atoms with Crippen molar-refractivity contribution >= 4 is 5.95 Å². The third-order valence-electron chi connectivity index (χ3n) is 2.58. The lowest BCUT2D eigenvalue weighted by Crippen LogP contribution is -2.07. The Morgan fingerprint density at radius 3 is 2.33 bits per heavy atom. The van der Waals surface area contributed by atoms with Gasteiger partial charge in [0.1, 0.15) is 17.4 Å². The van der Waals surface area contributed by atoms with Gasteiger partial charge in [-0.05, 0) is 17.7 Å². The van der Waals surface area contributed by atoms with Crippen LogP contribution in [0.5, 0.6) is 5.75 Å². The van der Waals surface area contributed by atoms with Gasteiger partial charge in [-0.15, -0.1) is 0 Å². The van der Waals surface area contributed by atoms with Crippen molar-refractivity contribution in [1.29, 1.82) is 0 Å². The van der Waals surface area contributed by atoms with E-state index in [9.17, 15) is 0 Å². The molecule has 1 aromatic carbocycles. The number of anilines is 1. The minimum atomic E-state index is 0.283. The highest BCUT2D eigenvalue weighted by atomic mass is 16.5. The number of nitrogens with zero attached hydrogens (tertiary/aromatic N) is 3. The topological polar surface area (TPSA) is 73.9 Å². The van der Waals surface area contributed by atoms with Gasteiger partial charge in [0, 0.05) is 12.8 Å². The van der Waals surface area contributed by atoms with Crippen molar-refractivity contribution in [3.63, 3.8) is 0 Å². The Morgan fingerprint density at radius 1 is 1.06 bits per heavy atom. The molecule has 0 bridgehead atoms. The largest absolute Gasteiger partial charge is 0.497 e. The summed E-state index contributed by atoms with van der Waals surface area (Å²) in [7, 11) is 1.65. The molecule has 0 saturated carbocycles. The van der Waals surface area contributed by atoms with Crippen LogP contribution in [0.1, 0.15) is 24.1 Å². The van der Waals surface area contributed by atoms with Crippen molar-refractivity contribution in [3.8, 4) is 5.75 Å². The van der Waals surface area contributed by atoms with Crippen LogP contribution in [0.15, 0.2) is 24.3 Å². The average molecular weight is 244 g/mol. The van der Waals surface area contributed by atoms with Crippen LogP contribution >= 0.6 is 0 Å². The summed E-state index contributed by atoms with van der Waals surface area (Å²) in [6.07, 6.45) is 1.39. The van der Waals surface area contributed by atoms with Gasteiger partial charge in [0.2, 0.25) is 5.95 Å². The predicted octanol–water partition coefficient (Wildman–Crippen LogP) is 1.62. The number of benzene rings is 1. The third kappa shape index (κ3) is 2.94. The molecule has 0 aliphatic carbocycles. The number of methoxy groups -OCH3 is 1. The SMILES string of the molecule is CCc1nc(N)nc(Cc2ccc(OC)cc2)n1. The molecule has 18 heavy (non-hydrogen) atoms. The Hall–Kier alpha value is -2.17. The molecule has 0 saturated heterocycles. The number of ether oxygens (including phenoxy) is 1. The Bertz CT molecular complexity index is 525. The summed E-state index contributed by atoms with van der Waals surface area (Å²) in [5.74, 6) is 2.55. The summed E-state index contributed by atoms with van der Waals surface area (Å²) < 4.78 is 5.11. The first-order chi connectivity index (χ1) is 8.71. The van der Waals surface area contributed by atoms with Gasteiger partial charge in [-0.2, -0.15) is 9.97 Å². The monoisotopic (exact) mass is 244 g/mol. The molecule has 0 unspecified atom stereocenters. The highest BCUT2D eigenvalue weighted by molar-refractivity contribution is 5.29. The van der Waals surface area contributed by atoms with Gasteiger partial charge < -0.3 is 10.5 Å². The van der Waals surface area contributed by atoms with E-state index in [2.05, 4.69) is 15.0 Å². The van der Waals surface area contributed by atoms with Crippen molar-refractivity contribution in [2.45, 2.75) is 19.8 Å². The molecule has 2 aromatic rings. The van der Waals surface area contributed by atoms with E-state index in [1.165, 1.54) is 0 Å². The van der Waals surface area contributed by atoms with Crippen LogP contribution in [0, 0.1) is 0 Å². The average Bonchev–Trinajstić information content (AvgIpc) is 2.39. The normalized spacial score (nSPS) is 10.3. The molecule has 0 atom stereocenters. The summed E-state index contributed by atoms with van der Waals surface area (Å²) in [6, 6.07) is 7.82. The fourth-order valence-corrected chi connectivity index (χ4v) is 1.65. The summed E-state index contributed by atoms with van der Waals surface area (Å²) in [4.78, 5) is 12.6. The molecule has 5 heteroatoms. The Kier molecular flexibility index (Phi) is 3.72. The molecule has 5 nitrogen and oxygen atoms in total. The number of nitrogens with two attached hydrogens (primary N) is 1. The van der Waals surface area contributed by atoms with Gasteiger partial charge in [-0.25, -0.2) is 4.98 Å². The van der Waals surface area contributed by atoms with Crippen molar-refractivity contribution in [2.75, 3.05) is 12.8 Å². The van der Waals surface area contributed by atoms with Crippen LogP contribution in [-0.2, 0) is 12.8 Å². The van der Waals surface area contributed by atoms with E-state index in [0.717, 1.165) is 23.6 Å². The summed E-state index contributed by atoms with van der Waals surface area (Å²) in [5, 5.41) is 0. The molecule has 0 aliphatic rings. The van der Waals surface area contributed by atoms with E-state index >= 15 is 0 Å². The number of aryl methyl sites for hydroxylation is 1. The van der Waals surface area contributed by atoms with Gasteiger partial charge in [-0.3, -0.25) is 0 Å². The lowest BCUT2D eigenvalue weighted by atomic mass is 10.1. The molecule has 0 radical (unpaired) electrons. The quantitative estimate of drug-likeness (QED) is 0.884. The maximum absolute atomic E-state index is 5.65. The molecule has 2 rings (SSSR count). The third-order valence-corrected chi connectivity index (χ3v) is 2.58. The van der Waals surface area contributed by atoms with Crippen molar-refractivity contribution in [3.05, 3.63) is 41.5 Å². The number of aromatic nitrogens is 3. The van der Waals surface area contributed by atoms with Crippen LogP contribution < -0.4 is 10.5 Å². The van der Waals surface area contributed by atoms with Crippen LogP contribution in [0.25, 0.3) is 0 Å². The zero-order valence-electron chi connectivity index (χ0n) is 10.6. The standard InChI is InChI=1S/C13H16N4O/c1-3-11-15-12(17-13(14)16-11)8-9-4-6-10(18-2)7-5-9/h4-7H,3,8H2,1-2H3,(H2,14,15,16,17). The molecular formula is C13H16N4O. The van der Waals surface area contributed by atoms with Crippen molar-refractivity contribution in [1.82, 2.24) is 15.0 Å². The van der Waals surface area contributed by atoms with Gasteiger partial charge in [0.15, 0.2) is 0 Å². The van der Waals surface area contributed by atoms with Crippen LogP contribution in [0.2, 0.25) is 0 Å². The van der Waals surface area contributed by atoms with Crippen molar-refractivity contribution < 1.29 is 4.74 Å². The van der Waals surface area contributed by atoms with E-state index in [4.69, 9.17) is 10.5 Å². The summed E-state index contributed by atoms with van der Waals surface area (Å²) >= 11 is 0. The maximum atomic E-state index is 5.65. The number of hydrogen-bond donors (Lipinski definition) is 1. The van der Waals surface area contributed by atoms with Gasteiger partial charge in [0.05, 0.1) is 7.11 Å². The number of hydrogen-bond acceptors (Lipinski definition) is 5.